The molecule has 0 saturated heterocycles. The van der Waals surface area contributed by atoms with E-state index >= 15 is 0 Å². The van der Waals surface area contributed by atoms with Crippen LogP contribution >= 0.6 is 11.6 Å². The van der Waals surface area contributed by atoms with Gasteiger partial charge >= 0.3 is 0 Å². The maximum absolute atomic E-state index is 13.8. The summed E-state index contributed by atoms with van der Waals surface area (Å²) in [5.41, 5.74) is 0.759. The zero-order valence-electron chi connectivity index (χ0n) is 10.9. The van der Waals surface area contributed by atoms with Gasteiger partial charge in [0, 0.05) is 5.02 Å². The Morgan fingerprint density at radius 2 is 2.11 bits per heavy atom. The molecule has 0 amide bonds. The van der Waals surface area contributed by atoms with Gasteiger partial charge in [-0.2, -0.15) is 0 Å². The summed E-state index contributed by atoms with van der Waals surface area (Å²) in [6.45, 7) is 0.955. The van der Waals surface area contributed by atoms with E-state index < -0.39 is 0 Å². The number of rotatable bonds is 5. The van der Waals surface area contributed by atoms with Gasteiger partial charge in [0.1, 0.15) is 5.82 Å². The second-order valence-electron chi connectivity index (χ2n) is 5.30. The Bertz CT molecular complexity index is 388. The van der Waals surface area contributed by atoms with Crippen LogP contribution in [0.1, 0.15) is 31.2 Å². The maximum atomic E-state index is 13.8. The van der Waals surface area contributed by atoms with Crippen molar-refractivity contribution in [3.05, 3.63) is 34.6 Å². The fourth-order valence-corrected chi connectivity index (χ4v) is 3.27. The summed E-state index contributed by atoms with van der Waals surface area (Å²) in [4.78, 5) is 0. The van der Waals surface area contributed by atoms with Crippen molar-refractivity contribution in [1.82, 2.24) is 5.32 Å². The standard InChI is InChI=1S/C15H21ClFN/c1-18-10-13(11-4-2-3-5-11)8-12-9-14(16)6-7-15(12)17/h6-7,9,11,13,18H,2-5,8,10H2,1H3. The van der Waals surface area contributed by atoms with Gasteiger partial charge in [-0.3, -0.25) is 0 Å². The molecule has 18 heavy (non-hydrogen) atoms. The molecule has 100 valence electrons. The van der Waals surface area contributed by atoms with Crippen LogP contribution in [0.3, 0.4) is 0 Å². The zero-order chi connectivity index (χ0) is 13.0. The van der Waals surface area contributed by atoms with Gasteiger partial charge in [-0.15, -0.1) is 0 Å². The fraction of sp³-hybridized carbons (Fsp3) is 0.600. The van der Waals surface area contributed by atoms with Crippen molar-refractivity contribution >= 4 is 11.6 Å². The van der Waals surface area contributed by atoms with Gasteiger partial charge in [0.25, 0.3) is 0 Å². The number of nitrogens with one attached hydrogen (secondary N) is 1. The molecule has 1 nitrogen and oxygen atoms in total. The molecule has 1 atom stereocenters. The molecule has 1 fully saturated rings. The lowest BCUT2D eigenvalue weighted by atomic mass is 9.85. The van der Waals surface area contributed by atoms with Gasteiger partial charge in [-0.1, -0.05) is 37.3 Å². The van der Waals surface area contributed by atoms with Crippen LogP contribution in [0.25, 0.3) is 0 Å². The largest absolute Gasteiger partial charge is 0.319 e. The molecule has 1 aromatic carbocycles. The molecule has 0 radical (unpaired) electrons. The Labute approximate surface area is 114 Å². The van der Waals surface area contributed by atoms with E-state index in [0.29, 0.717) is 10.9 Å². The molecule has 2 rings (SSSR count). The van der Waals surface area contributed by atoms with Crippen LogP contribution in [0.4, 0.5) is 4.39 Å². The molecule has 3 heteroatoms. The highest BCUT2D eigenvalue weighted by atomic mass is 35.5. The van der Waals surface area contributed by atoms with Gasteiger partial charge in [0.05, 0.1) is 0 Å². The van der Waals surface area contributed by atoms with E-state index in [-0.39, 0.29) is 5.82 Å². The summed E-state index contributed by atoms with van der Waals surface area (Å²) < 4.78 is 13.8. The smallest absolute Gasteiger partial charge is 0.126 e. The van der Waals surface area contributed by atoms with Crippen LogP contribution in [0.15, 0.2) is 18.2 Å². The number of hydrogen-bond donors (Lipinski definition) is 1. The minimum absolute atomic E-state index is 0.126. The van der Waals surface area contributed by atoms with Crippen LogP contribution in [-0.4, -0.2) is 13.6 Å². The predicted octanol–water partition coefficient (Wildman–Crippen LogP) is 4.05. The minimum atomic E-state index is -0.126. The van der Waals surface area contributed by atoms with Crippen molar-refractivity contribution in [2.45, 2.75) is 32.1 Å². The number of halogens is 2. The van der Waals surface area contributed by atoms with Crippen LogP contribution in [0.2, 0.25) is 5.02 Å². The molecular weight excluding hydrogens is 249 g/mol. The first kappa shape index (κ1) is 13.8. The summed E-state index contributed by atoms with van der Waals surface area (Å²) >= 11 is 5.95. The van der Waals surface area contributed by atoms with Gasteiger partial charge in [-0.05, 0) is 55.6 Å². The molecule has 1 aliphatic carbocycles. The topological polar surface area (TPSA) is 12.0 Å². The van der Waals surface area contributed by atoms with Crippen LogP contribution in [0, 0.1) is 17.7 Å². The van der Waals surface area contributed by atoms with E-state index in [9.17, 15) is 4.39 Å². The Morgan fingerprint density at radius 3 is 2.78 bits per heavy atom. The summed E-state index contributed by atoms with van der Waals surface area (Å²) in [7, 11) is 1.97. The minimum Gasteiger partial charge on any atom is -0.319 e. The SMILES string of the molecule is CNCC(Cc1cc(Cl)ccc1F)C1CCCC1. The van der Waals surface area contributed by atoms with E-state index in [1.54, 1.807) is 12.1 Å². The first-order valence-electron chi connectivity index (χ1n) is 6.79. The average molecular weight is 270 g/mol. The zero-order valence-corrected chi connectivity index (χ0v) is 11.6. The third-order valence-corrected chi connectivity index (χ3v) is 4.26. The van der Waals surface area contributed by atoms with E-state index in [1.165, 1.54) is 31.7 Å². The van der Waals surface area contributed by atoms with Gasteiger partial charge in [0.2, 0.25) is 0 Å². The molecule has 1 aliphatic rings. The first-order valence-corrected chi connectivity index (χ1v) is 7.17. The van der Waals surface area contributed by atoms with Crippen molar-refractivity contribution in [2.24, 2.45) is 11.8 Å². The Hall–Kier alpha value is -0.600. The first-order chi connectivity index (χ1) is 8.70. The Morgan fingerprint density at radius 1 is 1.39 bits per heavy atom. The van der Waals surface area contributed by atoms with Gasteiger partial charge in [0.15, 0.2) is 0 Å². The lowest BCUT2D eigenvalue weighted by Gasteiger charge is -2.23. The average Bonchev–Trinajstić information content (AvgIpc) is 2.87. The second kappa shape index (κ2) is 6.53. The molecule has 1 unspecified atom stereocenters. The second-order valence-corrected chi connectivity index (χ2v) is 5.74. The van der Waals surface area contributed by atoms with Crippen molar-refractivity contribution in [3.63, 3.8) is 0 Å². The van der Waals surface area contributed by atoms with Crippen LogP contribution in [0.5, 0.6) is 0 Å². The molecule has 1 aromatic rings. The lowest BCUT2D eigenvalue weighted by Crippen LogP contribution is -2.26. The molecule has 0 aromatic heterocycles. The predicted molar refractivity (Wildman–Crippen MR) is 74.5 cm³/mol. The van der Waals surface area contributed by atoms with E-state index in [1.807, 2.05) is 7.05 Å². The molecule has 0 heterocycles. The van der Waals surface area contributed by atoms with E-state index in [4.69, 9.17) is 11.6 Å². The monoisotopic (exact) mass is 269 g/mol. The Balaban J connectivity index is 2.09. The lowest BCUT2D eigenvalue weighted by molar-refractivity contribution is 0.325. The maximum Gasteiger partial charge on any atom is 0.126 e. The van der Waals surface area contributed by atoms with Gasteiger partial charge in [-0.25, -0.2) is 4.39 Å². The van der Waals surface area contributed by atoms with Gasteiger partial charge < -0.3 is 5.32 Å². The van der Waals surface area contributed by atoms with Crippen LogP contribution < -0.4 is 5.32 Å². The number of benzene rings is 1. The molecule has 0 aliphatic heterocycles. The summed E-state index contributed by atoms with van der Waals surface area (Å²) in [6.07, 6.45) is 6.01. The molecule has 1 saturated carbocycles. The summed E-state index contributed by atoms with van der Waals surface area (Å²) in [5.74, 6) is 1.12. The van der Waals surface area contributed by atoms with Crippen molar-refractivity contribution in [3.8, 4) is 0 Å². The third kappa shape index (κ3) is 3.46. The normalized spacial score (nSPS) is 18.2. The quantitative estimate of drug-likeness (QED) is 0.850. The third-order valence-electron chi connectivity index (χ3n) is 4.02. The van der Waals surface area contributed by atoms with Crippen molar-refractivity contribution in [2.75, 3.05) is 13.6 Å². The van der Waals surface area contributed by atoms with Crippen molar-refractivity contribution in [1.29, 1.82) is 0 Å². The highest BCUT2D eigenvalue weighted by Crippen LogP contribution is 2.33. The Kier molecular flexibility index (Phi) is 5.02. The van der Waals surface area contributed by atoms with E-state index in [0.717, 1.165) is 24.4 Å². The fourth-order valence-electron chi connectivity index (χ4n) is 3.08. The molecule has 1 N–H and O–H groups in total. The molecular formula is C15H21ClFN. The molecule has 0 bridgehead atoms. The van der Waals surface area contributed by atoms with Crippen LogP contribution in [-0.2, 0) is 6.42 Å². The van der Waals surface area contributed by atoms with E-state index in [2.05, 4.69) is 5.32 Å². The highest BCUT2D eigenvalue weighted by molar-refractivity contribution is 6.30. The van der Waals surface area contributed by atoms with Crippen molar-refractivity contribution < 1.29 is 4.39 Å². The summed E-state index contributed by atoms with van der Waals surface area (Å²) in [6, 6.07) is 4.86. The molecule has 0 spiro atoms. The highest BCUT2D eigenvalue weighted by Gasteiger charge is 2.25. The number of hydrogen-bond acceptors (Lipinski definition) is 1. The summed E-state index contributed by atoms with van der Waals surface area (Å²) in [5, 5.41) is 3.87.